The van der Waals surface area contributed by atoms with Gasteiger partial charge in [0, 0.05) is 38.5 Å². The first-order valence-corrected chi connectivity index (χ1v) is 11.1. The monoisotopic (exact) mass is 437 g/mol. The predicted octanol–water partition coefficient (Wildman–Crippen LogP) is 1.08. The Labute approximate surface area is 181 Å². The molecule has 0 bridgehead atoms. The van der Waals surface area contributed by atoms with Crippen LogP contribution in [0.3, 0.4) is 0 Å². The second kappa shape index (κ2) is 12.1. The highest BCUT2D eigenvalue weighted by Gasteiger charge is 2.16. The number of hydrogen-bond donors (Lipinski definition) is 3. The molecule has 1 aliphatic rings. The van der Waals surface area contributed by atoms with Gasteiger partial charge in [0.2, 0.25) is 5.16 Å². The number of nitrogens with zero attached hydrogens (tertiary/aromatic N) is 3. The lowest BCUT2D eigenvalue weighted by atomic mass is 10.2. The molecule has 0 radical (unpaired) electrons. The lowest BCUT2D eigenvalue weighted by molar-refractivity contribution is 0.00445. The number of benzene rings is 1. The number of H-pyrrole nitrogens is 1. The van der Waals surface area contributed by atoms with Gasteiger partial charge in [0.1, 0.15) is 18.5 Å². The van der Waals surface area contributed by atoms with Gasteiger partial charge in [0.25, 0.3) is 0 Å². The molecule has 1 aromatic heterocycles. The van der Waals surface area contributed by atoms with Crippen molar-refractivity contribution >= 4 is 11.8 Å². The number of thioether (sulfide) groups is 1. The molecule has 0 saturated carbocycles. The highest BCUT2D eigenvalue weighted by atomic mass is 32.2. The molecule has 3 rings (SSSR count). The lowest BCUT2D eigenvalue weighted by Gasteiger charge is -2.28. The van der Waals surface area contributed by atoms with Crippen molar-refractivity contribution in [1.82, 2.24) is 25.4 Å². The number of aliphatic hydroxyl groups is 1. The minimum absolute atomic E-state index is 0.225. The molecule has 0 spiro atoms. The van der Waals surface area contributed by atoms with Crippen molar-refractivity contribution in [3.05, 3.63) is 29.6 Å². The van der Waals surface area contributed by atoms with E-state index >= 15 is 0 Å². The first kappa shape index (κ1) is 22.8. The average Bonchev–Trinajstić information content (AvgIpc) is 3.18. The highest BCUT2D eigenvalue weighted by Crippen LogP contribution is 2.28. The minimum atomic E-state index is -0.556. The Morgan fingerprint density at radius 2 is 2.17 bits per heavy atom. The minimum Gasteiger partial charge on any atom is -0.493 e. The van der Waals surface area contributed by atoms with Crippen LogP contribution in [0.5, 0.6) is 11.5 Å². The molecule has 0 aliphatic carbocycles. The summed E-state index contributed by atoms with van der Waals surface area (Å²) in [6, 6.07) is 5.86. The molecule has 0 amide bonds. The maximum absolute atomic E-state index is 10.3. The van der Waals surface area contributed by atoms with Crippen LogP contribution in [0.1, 0.15) is 11.4 Å². The summed E-state index contributed by atoms with van der Waals surface area (Å²) in [5.74, 6) is 3.01. The zero-order valence-corrected chi connectivity index (χ0v) is 18.4. The SMILES string of the molecule is COc1cc(CNCCSc2n[nH]c(C)n2)ccc1OC[C@@H](O)CN1CCOCC1. The van der Waals surface area contributed by atoms with Crippen molar-refractivity contribution in [2.45, 2.75) is 24.7 Å². The Morgan fingerprint density at radius 1 is 1.33 bits per heavy atom. The van der Waals surface area contributed by atoms with E-state index in [1.807, 2.05) is 25.1 Å². The fraction of sp³-hybridized carbons (Fsp3) is 0.600. The van der Waals surface area contributed by atoms with E-state index in [2.05, 4.69) is 25.4 Å². The Balaban J connectivity index is 1.38. The molecule has 1 saturated heterocycles. The smallest absolute Gasteiger partial charge is 0.208 e. The van der Waals surface area contributed by atoms with Crippen molar-refractivity contribution < 1.29 is 19.3 Å². The standard InChI is InChI=1S/C20H31N5O4S/c1-15-22-20(24-23-15)30-10-5-21-12-16-3-4-18(19(11-16)27-2)29-14-17(26)13-25-6-8-28-9-7-25/h3-4,11,17,21,26H,5-10,12-14H2,1-2H3,(H,22,23,24)/t17-/m0/s1. The van der Waals surface area contributed by atoms with Crippen LogP contribution in [-0.2, 0) is 11.3 Å². The maximum atomic E-state index is 10.3. The summed E-state index contributed by atoms with van der Waals surface area (Å²) in [6.07, 6.45) is -0.556. The topological polar surface area (TPSA) is 105 Å². The average molecular weight is 438 g/mol. The summed E-state index contributed by atoms with van der Waals surface area (Å²) in [5, 5.41) is 21.4. The zero-order chi connectivity index (χ0) is 21.2. The second-order valence-corrected chi connectivity index (χ2v) is 8.15. The fourth-order valence-corrected chi connectivity index (χ4v) is 3.84. The van der Waals surface area contributed by atoms with Crippen LogP contribution in [0.4, 0.5) is 0 Å². The van der Waals surface area contributed by atoms with Crippen LogP contribution >= 0.6 is 11.8 Å². The largest absolute Gasteiger partial charge is 0.493 e. The van der Waals surface area contributed by atoms with Crippen LogP contribution in [0.25, 0.3) is 0 Å². The van der Waals surface area contributed by atoms with E-state index in [0.717, 1.165) is 61.7 Å². The number of rotatable bonds is 12. The van der Waals surface area contributed by atoms with Crippen LogP contribution in [-0.4, -0.2) is 90.2 Å². The molecule has 166 valence electrons. The number of aromatic amines is 1. The summed E-state index contributed by atoms with van der Waals surface area (Å²) in [5.41, 5.74) is 1.10. The Bertz CT molecular complexity index is 769. The second-order valence-electron chi connectivity index (χ2n) is 7.09. The van der Waals surface area contributed by atoms with E-state index in [4.69, 9.17) is 14.2 Å². The number of ether oxygens (including phenoxy) is 3. The molecule has 10 heteroatoms. The number of methoxy groups -OCH3 is 1. The first-order valence-electron chi connectivity index (χ1n) is 10.1. The number of nitrogens with one attached hydrogen (secondary N) is 2. The van der Waals surface area contributed by atoms with Crippen LogP contribution in [0.15, 0.2) is 23.4 Å². The van der Waals surface area contributed by atoms with Gasteiger partial charge in [-0.15, -0.1) is 5.10 Å². The van der Waals surface area contributed by atoms with Crippen LogP contribution in [0, 0.1) is 6.92 Å². The van der Waals surface area contributed by atoms with E-state index in [9.17, 15) is 5.11 Å². The van der Waals surface area contributed by atoms with Gasteiger partial charge in [-0.3, -0.25) is 10.00 Å². The van der Waals surface area contributed by atoms with Gasteiger partial charge < -0.3 is 24.6 Å². The molecule has 1 aromatic carbocycles. The number of hydrogen-bond acceptors (Lipinski definition) is 9. The normalized spacial score (nSPS) is 15.8. The van der Waals surface area contributed by atoms with Gasteiger partial charge in [-0.1, -0.05) is 17.8 Å². The third-order valence-electron chi connectivity index (χ3n) is 4.65. The van der Waals surface area contributed by atoms with Crippen molar-refractivity contribution in [1.29, 1.82) is 0 Å². The van der Waals surface area contributed by atoms with Gasteiger partial charge in [-0.05, 0) is 24.6 Å². The van der Waals surface area contributed by atoms with Crippen molar-refractivity contribution in [2.75, 3.05) is 58.9 Å². The summed E-state index contributed by atoms with van der Waals surface area (Å²) < 4.78 is 16.6. The van der Waals surface area contributed by atoms with Gasteiger partial charge in [0.05, 0.1) is 20.3 Å². The number of morpholine rings is 1. The van der Waals surface area contributed by atoms with E-state index in [0.29, 0.717) is 18.0 Å². The van der Waals surface area contributed by atoms with E-state index in [-0.39, 0.29) is 6.61 Å². The molecule has 30 heavy (non-hydrogen) atoms. The number of aryl methyl sites for hydroxylation is 1. The van der Waals surface area contributed by atoms with Gasteiger partial charge in [-0.2, -0.15) is 0 Å². The van der Waals surface area contributed by atoms with Crippen molar-refractivity contribution in [2.24, 2.45) is 0 Å². The molecule has 1 atom stereocenters. The molecular weight excluding hydrogens is 406 g/mol. The number of aliphatic hydroxyl groups excluding tert-OH is 1. The molecule has 0 unspecified atom stereocenters. The molecule has 3 N–H and O–H groups in total. The molecule has 2 aromatic rings. The van der Waals surface area contributed by atoms with E-state index in [1.54, 1.807) is 18.9 Å². The van der Waals surface area contributed by atoms with Gasteiger partial charge in [0.15, 0.2) is 11.5 Å². The molecule has 9 nitrogen and oxygen atoms in total. The fourth-order valence-electron chi connectivity index (χ4n) is 3.10. The summed E-state index contributed by atoms with van der Waals surface area (Å²) in [4.78, 5) is 6.46. The van der Waals surface area contributed by atoms with Crippen LogP contribution in [0.2, 0.25) is 0 Å². The predicted molar refractivity (Wildman–Crippen MR) is 115 cm³/mol. The van der Waals surface area contributed by atoms with Gasteiger partial charge >= 0.3 is 0 Å². The third-order valence-corrected chi connectivity index (χ3v) is 5.50. The lowest BCUT2D eigenvalue weighted by Crippen LogP contribution is -2.42. The van der Waals surface area contributed by atoms with Crippen LogP contribution < -0.4 is 14.8 Å². The molecule has 1 fully saturated rings. The number of aromatic nitrogens is 3. The van der Waals surface area contributed by atoms with Gasteiger partial charge in [-0.25, -0.2) is 4.98 Å². The summed E-state index contributed by atoms with van der Waals surface area (Å²) in [6.45, 7) is 7.39. The third kappa shape index (κ3) is 7.44. The molecule has 1 aliphatic heterocycles. The Kier molecular flexibility index (Phi) is 9.22. The quantitative estimate of drug-likeness (QED) is 0.332. The Hall–Kier alpha value is -1.85. The summed E-state index contributed by atoms with van der Waals surface area (Å²) >= 11 is 1.61. The summed E-state index contributed by atoms with van der Waals surface area (Å²) in [7, 11) is 1.62. The molecular formula is C20H31N5O4S. The molecule has 2 heterocycles. The Morgan fingerprint density at radius 3 is 2.90 bits per heavy atom. The van der Waals surface area contributed by atoms with E-state index in [1.165, 1.54) is 0 Å². The highest BCUT2D eigenvalue weighted by molar-refractivity contribution is 7.99. The van der Waals surface area contributed by atoms with E-state index < -0.39 is 6.10 Å². The maximum Gasteiger partial charge on any atom is 0.208 e. The van der Waals surface area contributed by atoms with Crippen molar-refractivity contribution in [3.63, 3.8) is 0 Å². The zero-order valence-electron chi connectivity index (χ0n) is 17.6. The van der Waals surface area contributed by atoms with Crippen molar-refractivity contribution in [3.8, 4) is 11.5 Å². The number of β-amino-alcohol motifs (C(OH)–C–C–N with tert-alkyl or cyclic N) is 1. The first-order chi connectivity index (χ1) is 14.6.